The maximum Gasteiger partial charge on any atom is 0.337 e. The highest BCUT2D eigenvalue weighted by molar-refractivity contribution is 5.93. The number of carbonyl (C=O) groups excluding carboxylic acids is 1. The third-order valence-corrected chi connectivity index (χ3v) is 5.47. The van der Waals surface area contributed by atoms with Crippen molar-refractivity contribution < 1.29 is 9.53 Å². The fourth-order valence-corrected chi connectivity index (χ4v) is 3.74. The first-order valence-electron chi connectivity index (χ1n) is 11.3. The van der Waals surface area contributed by atoms with Gasteiger partial charge in [-0.1, -0.05) is 84.0 Å². The smallest absolute Gasteiger partial charge is 0.337 e. The normalized spacial score (nSPS) is 10.8. The van der Waals surface area contributed by atoms with E-state index >= 15 is 0 Å². The first-order valence-corrected chi connectivity index (χ1v) is 11.3. The topological polar surface area (TPSA) is 55.0 Å². The van der Waals surface area contributed by atoms with Crippen molar-refractivity contribution in [3.63, 3.8) is 0 Å². The maximum atomic E-state index is 11.6. The average Bonchev–Trinajstić information content (AvgIpc) is 3.12. The van der Waals surface area contributed by atoms with Gasteiger partial charge in [-0.3, -0.25) is 0 Å². The van der Waals surface area contributed by atoms with E-state index < -0.39 is 0 Å². The van der Waals surface area contributed by atoms with E-state index in [2.05, 4.69) is 16.9 Å². The molecule has 1 aromatic carbocycles. The summed E-state index contributed by atoms with van der Waals surface area (Å²) in [5.74, 6) is 0.703. The van der Waals surface area contributed by atoms with E-state index in [1.54, 1.807) is 6.07 Å². The van der Waals surface area contributed by atoms with Crippen LogP contribution in [0, 0.1) is 0 Å². The second-order valence-electron chi connectivity index (χ2n) is 7.90. The van der Waals surface area contributed by atoms with Crippen molar-refractivity contribution in [1.82, 2.24) is 9.97 Å². The molecule has 0 unspecified atom stereocenters. The summed E-state index contributed by atoms with van der Waals surface area (Å²) in [6, 6.07) is 5.47. The van der Waals surface area contributed by atoms with E-state index in [0.29, 0.717) is 5.56 Å². The Bertz CT molecular complexity index is 699. The molecule has 0 bridgehead atoms. The highest BCUT2D eigenvalue weighted by atomic mass is 35.5. The van der Waals surface area contributed by atoms with Crippen LogP contribution in [-0.4, -0.2) is 23.0 Å². The summed E-state index contributed by atoms with van der Waals surface area (Å²) in [4.78, 5) is 19.6. The lowest BCUT2D eigenvalue weighted by molar-refractivity contribution is 0.0601. The van der Waals surface area contributed by atoms with Crippen LogP contribution in [0.4, 0.5) is 0 Å². The Hall–Kier alpha value is -1.55. The van der Waals surface area contributed by atoms with Crippen molar-refractivity contribution in [2.75, 3.05) is 7.11 Å². The van der Waals surface area contributed by atoms with Crippen molar-refractivity contribution in [1.29, 1.82) is 0 Å². The number of aromatic amines is 1. The molecule has 1 aromatic heterocycles. The fraction of sp³-hybridized carbons (Fsp3) is 0.667. The molecule has 4 nitrogen and oxygen atoms in total. The predicted molar refractivity (Wildman–Crippen MR) is 124 cm³/mol. The van der Waals surface area contributed by atoms with Crippen LogP contribution >= 0.6 is 12.4 Å². The molecule has 0 fully saturated rings. The number of hydrogen-bond acceptors (Lipinski definition) is 3. The summed E-state index contributed by atoms with van der Waals surface area (Å²) in [6.45, 7) is 2.28. The van der Waals surface area contributed by atoms with E-state index in [9.17, 15) is 4.79 Å². The van der Waals surface area contributed by atoms with Gasteiger partial charge in [-0.15, -0.1) is 12.4 Å². The molecule has 2 rings (SSSR count). The Morgan fingerprint density at radius 3 is 2.00 bits per heavy atom. The van der Waals surface area contributed by atoms with Crippen LogP contribution in [0.5, 0.6) is 0 Å². The number of H-pyrrole nitrogens is 1. The zero-order valence-electron chi connectivity index (χ0n) is 18.3. The quantitative estimate of drug-likeness (QED) is 0.240. The number of methoxy groups -OCH3 is 1. The van der Waals surface area contributed by atoms with E-state index in [0.717, 1.165) is 23.3 Å². The molecule has 1 N–H and O–H groups in total. The molecule has 0 radical (unpaired) electrons. The molecule has 5 heteroatoms. The minimum absolute atomic E-state index is 0. The number of esters is 1. The molecule has 0 aliphatic rings. The number of carbonyl (C=O) groups is 1. The van der Waals surface area contributed by atoms with Crippen molar-refractivity contribution in [3.05, 3.63) is 29.6 Å². The zero-order valence-corrected chi connectivity index (χ0v) is 19.1. The van der Waals surface area contributed by atoms with Crippen LogP contribution in [0.2, 0.25) is 0 Å². The molecule has 2 aromatic rings. The molecule has 0 saturated carbocycles. The monoisotopic (exact) mass is 422 g/mol. The van der Waals surface area contributed by atoms with Gasteiger partial charge in [0.15, 0.2) is 0 Å². The van der Waals surface area contributed by atoms with Crippen molar-refractivity contribution in [3.8, 4) is 0 Å². The van der Waals surface area contributed by atoms with E-state index in [4.69, 9.17) is 4.74 Å². The Kier molecular flexibility index (Phi) is 13.5. The number of ether oxygens (including phenoxy) is 1. The number of aryl methyl sites for hydroxylation is 1. The molecule has 1 heterocycles. The summed E-state index contributed by atoms with van der Waals surface area (Å²) in [7, 11) is 1.40. The van der Waals surface area contributed by atoms with Gasteiger partial charge in [0.2, 0.25) is 0 Å². The second kappa shape index (κ2) is 15.3. The molecule has 0 spiro atoms. The van der Waals surface area contributed by atoms with Crippen LogP contribution in [-0.2, 0) is 11.2 Å². The number of halogens is 1. The molecule has 29 heavy (non-hydrogen) atoms. The van der Waals surface area contributed by atoms with Gasteiger partial charge >= 0.3 is 5.97 Å². The first-order chi connectivity index (χ1) is 13.7. The van der Waals surface area contributed by atoms with Gasteiger partial charge in [-0.2, -0.15) is 0 Å². The van der Waals surface area contributed by atoms with Gasteiger partial charge < -0.3 is 9.72 Å². The summed E-state index contributed by atoms with van der Waals surface area (Å²) in [5, 5.41) is 0. The number of rotatable bonds is 15. The molecule has 0 aliphatic heterocycles. The number of benzene rings is 1. The standard InChI is InChI=1S/C24H38N2O2.ClH/c1-3-4-5-6-7-8-9-10-11-12-13-14-15-16-23-25-21-18-17-20(24(27)28-2)19-22(21)26-23;/h17-19H,3-16H2,1-2H3,(H,25,26);1H. The van der Waals surface area contributed by atoms with Gasteiger partial charge in [0.1, 0.15) is 5.82 Å². The van der Waals surface area contributed by atoms with Crippen molar-refractivity contribution in [2.24, 2.45) is 0 Å². The Morgan fingerprint density at radius 1 is 0.897 bits per heavy atom. The van der Waals surface area contributed by atoms with Crippen molar-refractivity contribution >= 4 is 29.4 Å². The second-order valence-corrected chi connectivity index (χ2v) is 7.90. The SMILES string of the molecule is CCCCCCCCCCCCCCCc1nc2ccc(C(=O)OC)cc2[nH]1.Cl. The first kappa shape index (κ1) is 25.5. The minimum Gasteiger partial charge on any atom is -0.465 e. The van der Waals surface area contributed by atoms with E-state index in [-0.39, 0.29) is 18.4 Å². The van der Waals surface area contributed by atoms with Gasteiger partial charge in [0.05, 0.1) is 23.7 Å². The largest absolute Gasteiger partial charge is 0.465 e. The average molecular weight is 423 g/mol. The summed E-state index contributed by atoms with van der Waals surface area (Å²) < 4.78 is 4.77. The molecule has 0 amide bonds. The maximum absolute atomic E-state index is 11.6. The van der Waals surface area contributed by atoms with Gasteiger partial charge in [-0.05, 0) is 24.6 Å². The Morgan fingerprint density at radius 2 is 1.45 bits per heavy atom. The number of unbranched alkanes of at least 4 members (excludes halogenated alkanes) is 12. The minimum atomic E-state index is -0.311. The van der Waals surface area contributed by atoms with E-state index in [1.807, 2.05) is 12.1 Å². The van der Waals surface area contributed by atoms with Gasteiger partial charge in [0, 0.05) is 6.42 Å². The van der Waals surface area contributed by atoms with Crippen molar-refractivity contribution in [2.45, 2.75) is 96.8 Å². The molecular weight excluding hydrogens is 384 g/mol. The summed E-state index contributed by atoms with van der Waals surface area (Å²) in [6.07, 6.45) is 18.7. The third-order valence-electron chi connectivity index (χ3n) is 5.47. The van der Waals surface area contributed by atoms with Gasteiger partial charge in [0.25, 0.3) is 0 Å². The number of nitrogens with one attached hydrogen (secondary N) is 1. The highest BCUT2D eigenvalue weighted by Crippen LogP contribution is 2.17. The number of fused-ring (bicyclic) bond motifs is 1. The summed E-state index contributed by atoms with van der Waals surface area (Å²) in [5.41, 5.74) is 2.39. The van der Waals surface area contributed by atoms with Crippen LogP contribution in [0.25, 0.3) is 11.0 Å². The van der Waals surface area contributed by atoms with Crippen LogP contribution in [0.1, 0.15) is 107 Å². The number of imidazole rings is 1. The lowest BCUT2D eigenvalue weighted by atomic mass is 10.0. The van der Waals surface area contributed by atoms with E-state index in [1.165, 1.54) is 90.6 Å². The third kappa shape index (κ3) is 9.66. The zero-order chi connectivity index (χ0) is 20.0. The Labute approximate surface area is 182 Å². The van der Waals surface area contributed by atoms with Crippen LogP contribution in [0.3, 0.4) is 0 Å². The highest BCUT2D eigenvalue weighted by Gasteiger charge is 2.08. The summed E-state index contributed by atoms with van der Waals surface area (Å²) >= 11 is 0. The lowest BCUT2D eigenvalue weighted by Gasteiger charge is -2.02. The number of aromatic nitrogens is 2. The van der Waals surface area contributed by atoms with Crippen LogP contribution < -0.4 is 0 Å². The van der Waals surface area contributed by atoms with Crippen LogP contribution in [0.15, 0.2) is 18.2 Å². The van der Waals surface area contributed by atoms with Gasteiger partial charge in [-0.25, -0.2) is 9.78 Å². The molecule has 0 saturated heterocycles. The number of hydrogen-bond donors (Lipinski definition) is 1. The lowest BCUT2D eigenvalue weighted by Crippen LogP contribution is -2.00. The number of nitrogens with zero attached hydrogens (tertiary/aromatic N) is 1. The molecule has 164 valence electrons. The predicted octanol–water partition coefficient (Wildman–Crippen LogP) is 7.41. The Balaban J connectivity index is 0.00000420. The molecule has 0 aliphatic carbocycles. The molecule has 0 atom stereocenters. The fourth-order valence-electron chi connectivity index (χ4n) is 3.74. The molecular formula is C24H39ClN2O2.